The van der Waals surface area contributed by atoms with Crippen LogP contribution in [0.4, 0.5) is 0 Å². The predicted molar refractivity (Wildman–Crippen MR) is 168 cm³/mol. The quantitative estimate of drug-likeness (QED) is 0.217. The number of aromatic nitrogens is 2. The molecule has 4 heterocycles. The minimum absolute atomic E-state index is 0.826. The van der Waals surface area contributed by atoms with E-state index in [0.717, 1.165) is 33.3 Å². The second-order valence-corrected chi connectivity index (χ2v) is 20.7. The van der Waals surface area contributed by atoms with Crippen molar-refractivity contribution in [3.8, 4) is 22.4 Å². The van der Waals surface area contributed by atoms with Crippen LogP contribution >= 0.6 is 0 Å². The largest absolute Gasteiger partial charge is 0.453 e. The first-order valence-electron chi connectivity index (χ1n) is 13.7. The van der Waals surface area contributed by atoms with Gasteiger partial charge in [-0.3, -0.25) is 4.98 Å². The Balaban J connectivity index is 1.42. The Morgan fingerprint density at radius 2 is 1.41 bits per heavy atom. The highest BCUT2D eigenvalue weighted by atomic mass is 28.3. The molecule has 0 spiro atoms. The van der Waals surface area contributed by atoms with Crippen LogP contribution in [0.1, 0.15) is 5.56 Å². The van der Waals surface area contributed by atoms with Crippen LogP contribution in [0.3, 0.4) is 0 Å². The number of pyridine rings is 2. The molecule has 7 rings (SSSR count). The highest BCUT2D eigenvalue weighted by Crippen LogP contribution is 2.37. The summed E-state index contributed by atoms with van der Waals surface area (Å²) in [5.74, 6) is 0. The summed E-state index contributed by atoms with van der Waals surface area (Å²) < 4.78 is 8.62. The number of rotatable bonds is 2. The Morgan fingerprint density at radius 3 is 2.18 bits per heavy atom. The van der Waals surface area contributed by atoms with E-state index in [-0.39, 0.29) is 0 Å². The van der Waals surface area contributed by atoms with Crippen LogP contribution in [-0.2, 0) is 7.05 Å². The summed E-state index contributed by atoms with van der Waals surface area (Å²) in [6, 6.07) is 29.4. The molecular formula is C34H33N2OSi2+. The summed E-state index contributed by atoms with van der Waals surface area (Å²) in [6.07, 6.45) is 4.01. The summed E-state index contributed by atoms with van der Waals surface area (Å²) >= 11 is 0. The molecule has 39 heavy (non-hydrogen) atoms. The van der Waals surface area contributed by atoms with Crippen molar-refractivity contribution >= 4 is 59.0 Å². The average Bonchev–Trinajstić information content (AvgIpc) is 3.31. The van der Waals surface area contributed by atoms with Gasteiger partial charge in [0.25, 0.3) is 0 Å². The van der Waals surface area contributed by atoms with Gasteiger partial charge in [0.1, 0.15) is 28.7 Å². The first-order chi connectivity index (χ1) is 18.7. The molecule has 0 atom stereocenters. The van der Waals surface area contributed by atoms with Gasteiger partial charge in [-0.15, -0.1) is 0 Å². The fourth-order valence-corrected chi connectivity index (χ4v) is 16.1. The van der Waals surface area contributed by atoms with Crippen molar-refractivity contribution < 1.29 is 8.98 Å². The topological polar surface area (TPSA) is 29.9 Å². The van der Waals surface area contributed by atoms with Crippen LogP contribution in [0.2, 0.25) is 26.2 Å². The van der Waals surface area contributed by atoms with E-state index in [2.05, 4.69) is 123 Å². The molecule has 3 aromatic heterocycles. The van der Waals surface area contributed by atoms with Gasteiger partial charge in [-0.25, -0.2) is 4.57 Å². The van der Waals surface area contributed by atoms with E-state index in [4.69, 9.17) is 4.42 Å². The maximum Gasteiger partial charge on any atom is 0.216 e. The van der Waals surface area contributed by atoms with Crippen molar-refractivity contribution in [2.75, 3.05) is 0 Å². The van der Waals surface area contributed by atoms with Gasteiger partial charge in [-0.2, -0.15) is 0 Å². The molecule has 0 saturated heterocycles. The van der Waals surface area contributed by atoms with Crippen LogP contribution in [0.25, 0.3) is 44.5 Å². The zero-order valence-corrected chi connectivity index (χ0v) is 25.5. The van der Waals surface area contributed by atoms with Gasteiger partial charge in [0.05, 0.1) is 5.56 Å². The Hall–Kier alpha value is -3.81. The van der Waals surface area contributed by atoms with Crippen LogP contribution < -0.4 is 25.3 Å². The zero-order chi connectivity index (χ0) is 27.1. The SMILES string of the molecule is Cc1ccc2c(oc3cccnc32)c1-c1cc(-c2ccc3c(c2)[Si](C)(C)c2ccccc2[Si]3(C)C)cc[n+]1C. The molecular weight excluding hydrogens is 509 g/mol. The Morgan fingerprint density at radius 1 is 0.718 bits per heavy atom. The number of nitrogens with zero attached hydrogens (tertiary/aromatic N) is 2. The van der Waals surface area contributed by atoms with Crippen molar-refractivity contribution in [2.45, 2.75) is 33.1 Å². The standard InChI is InChI=1S/C34H33N2OSi2/c1-22-13-15-25-33-27(10-9-18-35-33)37-34(25)32(22)26-20-24(17-19-36(26)2)23-14-16-30-31(21-23)39(5,6)29-12-8-7-11-28(29)38(30,3)4/h7-21H,1-6H3/q+1. The molecule has 192 valence electrons. The predicted octanol–water partition coefficient (Wildman–Crippen LogP) is 5.41. The van der Waals surface area contributed by atoms with Gasteiger partial charge in [0.2, 0.25) is 5.69 Å². The lowest BCUT2D eigenvalue weighted by molar-refractivity contribution is -0.660. The Bertz CT molecular complexity index is 1950. The molecule has 0 unspecified atom stereocenters. The van der Waals surface area contributed by atoms with Gasteiger partial charge in [0, 0.05) is 23.7 Å². The van der Waals surface area contributed by atoms with Crippen molar-refractivity contribution in [1.82, 2.24) is 4.98 Å². The van der Waals surface area contributed by atoms with E-state index in [1.54, 1.807) is 20.7 Å². The summed E-state index contributed by atoms with van der Waals surface area (Å²) in [5, 5.41) is 7.52. The molecule has 0 saturated carbocycles. The van der Waals surface area contributed by atoms with E-state index in [1.165, 1.54) is 16.7 Å². The molecule has 1 aliphatic rings. The van der Waals surface area contributed by atoms with E-state index in [1.807, 2.05) is 18.3 Å². The number of hydrogen-bond acceptors (Lipinski definition) is 2. The van der Waals surface area contributed by atoms with Crippen LogP contribution in [0.15, 0.2) is 95.7 Å². The van der Waals surface area contributed by atoms with Crippen LogP contribution in [0, 0.1) is 6.92 Å². The lowest BCUT2D eigenvalue weighted by Gasteiger charge is -2.42. The smallest absolute Gasteiger partial charge is 0.216 e. The minimum Gasteiger partial charge on any atom is -0.453 e. The van der Waals surface area contributed by atoms with E-state index in [9.17, 15) is 0 Å². The monoisotopic (exact) mass is 541 g/mol. The van der Waals surface area contributed by atoms with Crippen molar-refractivity contribution in [3.63, 3.8) is 0 Å². The fourth-order valence-electron chi connectivity index (χ4n) is 6.72. The Kier molecular flexibility index (Phi) is 5.19. The van der Waals surface area contributed by atoms with E-state index < -0.39 is 16.1 Å². The average molecular weight is 542 g/mol. The zero-order valence-electron chi connectivity index (χ0n) is 23.5. The molecule has 0 N–H and O–H groups in total. The maximum atomic E-state index is 6.41. The summed E-state index contributed by atoms with van der Waals surface area (Å²) in [7, 11) is -1.47. The van der Waals surface area contributed by atoms with Crippen molar-refractivity contribution in [1.29, 1.82) is 0 Å². The molecule has 0 bridgehead atoms. The number of hydrogen-bond donors (Lipinski definition) is 0. The Labute approximate surface area is 231 Å². The maximum absolute atomic E-state index is 6.41. The van der Waals surface area contributed by atoms with E-state index >= 15 is 0 Å². The summed E-state index contributed by atoms with van der Waals surface area (Å²) in [4.78, 5) is 4.61. The van der Waals surface area contributed by atoms with Gasteiger partial charge >= 0.3 is 0 Å². The highest BCUT2D eigenvalue weighted by molar-refractivity contribution is 7.16. The lowest BCUT2D eigenvalue weighted by atomic mass is 9.98. The lowest BCUT2D eigenvalue weighted by Crippen LogP contribution is -2.77. The molecule has 3 aromatic carbocycles. The van der Waals surface area contributed by atoms with Crippen molar-refractivity contribution in [2.24, 2.45) is 7.05 Å². The van der Waals surface area contributed by atoms with Crippen LogP contribution in [-0.4, -0.2) is 21.1 Å². The second kappa shape index (κ2) is 8.34. The third-order valence-corrected chi connectivity index (χ3v) is 16.6. The molecule has 0 radical (unpaired) electrons. The third kappa shape index (κ3) is 3.46. The molecule has 5 heteroatoms. The fraction of sp³-hybridized carbons (Fsp3) is 0.176. The molecule has 0 amide bonds. The van der Waals surface area contributed by atoms with Gasteiger partial charge < -0.3 is 4.42 Å². The number of fused-ring (bicyclic) bond motifs is 5. The first-order valence-corrected chi connectivity index (χ1v) is 19.7. The van der Waals surface area contributed by atoms with Gasteiger partial charge in [-0.05, 0) is 41.8 Å². The number of furan rings is 1. The molecule has 3 nitrogen and oxygen atoms in total. The second-order valence-electron chi connectivity index (χ2n) is 12.1. The molecule has 0 aliphatic carbocycles. The highest BCUT2D eigenvalue weighted by Gasteiger charge is 2.43. The normalized spacial score (nSPS) is 15.3. The summed E-state index contributed by atoms with van der Waals surface area (Å²) in [5.41, 5.74) is 8.64. The van der Waals surface area contributed by atoms with Crippen molar-refractivity contribution in [3.05, 3.63) is 96.8 Å². The molecule has 6 aromatic rings. The van der Waals surface area contributed by atoms with E-state index in [0.29, 0.717) is 0 Å². The first kappa shape index (κ1) is 24.2. The third-order valence-electron chi connectivity index (χ3n) is 8.98. The minimum atomic E-state index is -1.83. The number of aryl methyl sites for hydroxylation is 2. The number of benzene rings is 3. The van der Waals surface area contributed by atoms with Gasteiger partial charge in [0.15, 0.2) is 17.4 Å². The van der Waals surface area contributed by atoms with Gasteiger partial charge in [-0.1, -0.05) is 95.5 Å². The molecule has 0 fully saturated rings. The van der Waals surface area contributed by atoms with Crippen LogP contribution in [0.5, 0.6) is 0 Å². The summed E-state index contributed by atoms with van der Waals surface area (Å²) in [6.45, 7) is 12.2. The molecule has 1 aliphatic heterocycles.